The van der Waals surface area contributed by atoms with Crippen molar-refractivity contribution in [3.63, 3.8) is 0 Å². The van der Waals surface area contributed by atoms with E-state index in [1.807, 2.05) is 0 Å². The topological polar surface area (TPSA) is 50.9 Å². The molecular formula is C17H25N3S. The second kappa shape index (κ2) is 6.30. The van der Waals surface area contributed by atoms with Gasteiger partial charge in [-0.1, -0.05) is 38.4 Å². The third-order valence-corrected chi connectivity index (χ3v) is 5.36. The first kappa shape index (κ1) is 14.8. The Morgan fingerprint density at radius 2 is 2.14 bits per heavy atom. The average Bonchev–Trinajstić information content (AvgIpc) is 2.92. The minimum absolute atomic E-state index is 0.455. The van der Waals surface area contributed by atoms with Crippen LogP contribution in [0, 0.1) is 11.8 Å². The number of hydrogen-bond donors (Lipinski definition) is 2. The molecule has 0 radical (unpaired) electrons. The molecule has 2 aliphatic carbocycles. The smallest absolute Gasteiger partial charge is 0.136 e. The van der Waals surface area contributed by atoms with E-state index in [1.54, 1.807) is 0 Å². The number of rotatable bonds is 4. The minimum atomic E-state index is 0.455. The van der Waals surface area contributed by atoms with Gasteiger partial charge in [0.1, 0.15) is 10.8 Å². The van der Waals surface area contributed by atoms with Crippen molar-refractivity contribution in [3.8, 4) is 0 Å². The van der Waals surface area contributed by atoms with E-state index in [0.29, 0.717) is 4.99 Å². The Hall–Kier alpha value is -1.16. The van der Waals surface area contributed by atoms with E-state index in [4.69, 9.17) is 22.9 Å². The van der Waals surface area contributed by atoms with Gasteiger partial charge in [0.15, 0.2) is 0 Å². The zero-order valence-corrected chi connectivity index (χ0v) is 13.6. The molecule has 114 valence electrons. The zero-order chi connectivity index (χ0) is 14.8. The summed E-state index contributed by atoms with van der Waals surface area (Å²) in [4.78, 5) is 5.26. The molecule has 0 bridgehead atoms. The Morgan fingerprint density at radius 1 is 1.33 bits per heavy atom. The van der Waals surface area contributed by atoms with Crippen LogP contribution in [0.2, 0.25) is 0 Å². The molecule has 1 aromatic rings. The highest BCUT2D eigenvalue weighted by atomic mass is 32.1. The maximum absolute atomic E-state index is 5.90. The van der Waals surface area contributed by atoms with Crippen molar-refractivity contribution in [2.45, 2.75) is 51.9 Å². The van der Waals surface area contributed by atoms with Crippen molar-refractivity contribution in [1.29, 1.82) is 0 Å². The number of hydrogen-bond acceptors (Lipinski definition) is 3. The summed E-state index contributed by atoms with van der Waals surface area (Å²) in [6.07, 6.45) is 8.80. The molecule has 1 fully saturated rings. The lowest BCUT2D eigenvalue weighted by Crippen LogP contribution is -2.26. The van der Waals surface area contributed by atoms with Gasteiger partial charge in [-0.25, -0.2) is 4.98 Å². The molecule has 1 saturated carbocycles. The summed E-state index contributed by atoms with van der Waals surface area (Å²) in [5, 5.41) is 3.55. The summed E-state index contributed by atoms with van der Waals surface area (Å²) in [5.74, 6) is 2.45. The molecule has 21 heavy (non-hydrogen) atoms. The molecule has 1 aromatic heterocycles. The summed E-state index contributed by atoms with van der Waals surface area (Å²) in [5.41, 5.74) is 9.38. The molecule has 4 heteroatoms. The third kappa shape index (κ3) is 3.20. The summed E-state index contributed by atoms with van der Waals surface area (Å²) in [6, 6.07) is 2.16. The Labute approximate surface area is 132 Å². The summed E-state index contributed by atoms with van der Waals surface area (Å²) in [6.45, 7) is 3.36. The van der Waals surface area contributed by atoms with Gasteiger partial charge < -0.3 is 11.1 Å². The number of nitrogens with zero attached hydrogens (tertiary/aromatic N) is 1. The number of anilines is 1. The van der Waals surface area contributed by atoms with Crippen molar-refractivity contribution >= 4 is 23.0 Å². The molecule has 1 heterocycles. The van der Waals surface area contributed by atoms with Crippen LogP contribution in [-0.2, 0) is 12.8 Å². The van der Waals surface area contributed by atoms with Gasteiger partial charge in [-0.15, -0.1) is 0 Å². The fourth-order valence-electron chi connectivity index (χ4n) is 3.72. The second-order valence-electron chi connectivity index (χ2n) is 6.61. The van der Waals surface area contributed by atoms with Gasteiger partial charge in [0.05, 0.1) is 5.56 Å². The van der Waals surface area contributed by atoms with Crippen molar-refractivity contribution < 1.29 is 0 Å². The van der Waals surface area contributed by atoms with E-state index in [2.05, 4.69) is 18.3 Å². The van der Waals surface area contributed by atoms with E-state index in [1.165, 1.54) is 43.4 Å². The quantitative estimate of drug-likeness (QED) is 0.837. The average molecular weight is 303 g/mol. The molecule has 0 amide bonds. The fraction of sp³-hybridized carbons (Fsp3) is 0.647. The van der Waals surface area contributed by atoms with E-state index in [9.17, 15) is 0 Å². The van der Waals surface area contributed by atoms with Gasteiger partial charge in [0.2, 0.25) is 0 Å². The van der Waals surface area contributed by atoms with Crippen LogP contribution in [-0.4, -0.2) is 16.5 Å². The number of nitrogens with one attached hydrogen (secondary N) is 1. The SMILES string of the molecule is CC1CCCCC1CNc1nc2c(cc1C(N)=S)CCC2. The molecule has 3 rings (SSSR count). The molecule has 0 spiro atoms. The van der Waals surface area contributed by atoms with Gasteiger partial charge >= 0.3 is 0 Å². The predicted octanol–water partition coefficient (Wildman–Crippen LogP) is 3.44. The molecule has 0 aromatic carbocycles. The van der Waals surface area contributed by atoms with Crippen LogP contribution in [0.4, 0.5) is 5.82 Å². The van der Waals surface area contributed by atoms with E-state index >= 15 is 0 Å². The Balaban J connectivity index is 1.76. The van der Waals surface area contributed by atoms with Crippen LogP contribution >= 0.6 is 12.2 Å². The van der Waals surface area contributed by atoms with Crippen LogP contribution < -0.4 is 11.1 Å². The number of fused-ring (bicyclic) bond motifs is 1. The molecule has 2 unspecified atom stereocenters. The lowest BCUT2D eigenvalue weighted by atomic mass is 9.80. The number of aryl methyl sites for hydroxylation is 2. The third-order valence-electron chi connectivity index (χ3n) is 5.14. The summed E-state index contributed by atoms with van der Waals surface area (Å²) < 4.78 is 0. The van der Waals surface area contributed by atoms with Gasteiger partial charge in [-0.2, -0.15) is 0 Å². The van der Waals surface area contributed by atoms with Gasteiger partial charge in [0, 0.05) is 12.2 Å². The number of nitrogens with two attached hydrogens (primary N) is 1. The Kier molecular flexibility index (Phi) is 4.43. The van der Waals surface area contributed by atoms with Crippen molar-refractivity contribution in [2.75, 3.05) is 11.9 Å². The first-order valence-corrected chi connectivity index (χ1v) is 8.62. The molecule has 0 saturated heterocycles. The van der Waals surface area contributed by atoms with Crippen LogP contribution in [0.1, 0.15) is 55.8 Å². The Bertz CT molecular complexity index is 541. The second-order valence-corrected chi connectivity index (χ2v) is 7.05. The van der Waals surface area contributed by atoms with Crippen LogP contribution in [0.3, 0.4) is 0 Å². The maximum Gasteiger partial charge on any atom is 0.136 e. The van der Waals surface area contributed by atoms with Crippen LogP contribution in [0.15, 0.2) is 6.07 Å². The number of thiocarbonyl (C=S) groups is 1. The maximum atomic E-state index is 5.90. The molecule has 2 aliphatic rings. The summed E-state index contributed by atoms with van der Waals surface area (Å²) in [7, 11) is 0. The molecular weight excluding hydrogens is 278 g/mol. The van der Waals surface area contributed by atoms with E-state index in [0.717, 1.165) is 42.6 Å². The number of pyridine rings is 1. The molecule has 3 nitrogen and oxygen atoms in total. The Morgan fingerprint density at radius 3 is 2.90 bits per heavy atom. The van der Waals surface area contributed by atoms with Gasteiger partial charge in [-0.3, -0.25) is 0 Å². The van der Waals surface area contributed by atoms with Gasteiger partial charge in [-0.05, 0) is 49.1 Å². The van der Waals surface area contributed by atoms with E-state index < -0.39 is 0 Å². The summed E-state index contributed by atoms with van der Waals surface area (Å²) >= 11 is 5.21. The first-order chi connectivity index (χ1) is 10.1. The van der Waals surface area contributed by atoms with Crippen molar-refractivity contribution in [2.24, 2.45) is 17.6 Å². The first-order valence-electron chi connectivity index (χ1n) is 8.21. The monoisotopic (exact) mass is 303 g/mol. The molecule has 2 atom stereocenters. The molecule has 0 aliphatic heterocycles. The number of aromatic nitrogens is 1. The molecule has 3 N–H and O–H groups in total. The van der Waals surface area contributed by atoms with Gasteiger partial charge in [0.25, 0.3) is 0 Å². The van der Waals surface area contributed by atoms with Crippen molar-refractivity contribution in [3.05, 3.63) is 22.9 Å². The minimum Gasteiger partial charge on any atom is -0.389 e. The lowest BCUT2D eigenvalue weighted by Gasteiger charge is -2.29. The van der Waals surface area contributed by atoms with Crippen LogP contribution in [0.5, 0.6) is 0 Å². The van der Waals surface area contributed by atoms with Crippen LogP contribution in [0.25, 0.3) is 0 Å². The van der Waals surface area contributed by atoms with E-state index in [-0.39, 0.29) is 0 Å². The standard InChI is InChI=1S/C17H25N3S/c1-11-5-2-3-6-13(11)10-19-17-14(16(18)21)9-12-7-4-8-15(12)20-17/h9,11,13H,2-8,10H2,1H3,(H2,18,21)(H,19,20). The highest BCUT2D eigenvalue weighted by Gasteiger charge is 2.22. The fourth-order valence-corrected chi connectivity index (χ4v) is 3.87. The zero-order valence-electron chi connectivity index (χ0n) is 12.8. The largest absolute Gasteiger partial charge is 0.389 e. The highest BCUT2D eigenvalue weighted by Crippen LogP contribution is 2.30. The lowest BCUT2D eigenvalue weighted by molar-refractivity contribution is 0.268. The van der Waals surface area contributed by atoms with Crippen molar-refractivity contribution in [1.82, 2.24) is 4.98 Å². The predicted molar refractivity (Wildman–Crippen MR) is 91.8 cm³/mol. The normalized spacial score (nSPS) is 24.6. The highest BCUT2D eigenvalue weighted by molar-refractivity contribution is 7.80.